The van der Waals surface area contributed by atoms with Crippen molar-refractivity contribution in [3.63, 3.8) is 0 Å². The molecule has 5 heteroatoms. The number of nitrogens with zero attached hydrogens (tertiary/aromatic N) is 1. The SMILES string of the molecule is Cc1cccc2c(CCNC(=O)N(C)CCO)c[nH]c12. The maximum absolute atomic E-state index is 11.7. The number of para-hydroxylation sites is 1. The molecule has 108 valence electrons. The maximum Gasteiger partial charge on any atom is 0.317 e. The number of aliphatic hydroxyl groups is 1. The van der Waals surface area contributed by atoms with E-state index in [4.69, 9.17) is 5.11 Å². The Hall–Kier alpha value is -2.01. The zero-order valence-corrected chi connectivity index (χ0v) is 11.9. The van der Waals surface area contributed by atoms with Crippen LogP contribution < -0.4 is 5.32 Å². The second kappa shape index (κ2) is 6.43. The number of benzene rings is 1. The molecule has 0 unspecified atom stereocenters. The van der Waals surface area contributed by atoms with Crippen molar-refractivity contribution in [2.75, 3.05) is 26.7 Å². The Morgan fingerprint density at radius 1 is 1.45 bits per heavy atom. The molecule has 1 aromatic carbocycles. The predicted octanol–water partition coefficient (Wildman–Crippen LogP) is 1.65. The van der Waals surface area contributed by atoms with Gasteiger partial charge in [0.1, 0.15) is 0 Å². The molecule has 2 amide bonds. The zero-order chi connectivity index (χ0) is 14.5. The van der Waals surface area contributed by atoms with Crippen LogP contribution in [0, 0.1) is 6.92 Å². The number of fused-ring (bicyclic) bond motifs is 1. The number of amides is 2. The van der Waals surface area contributed by atoms with Crippen LogP contribution in [0.3, 0.4) is 0 Å². The maximum atomic E-state index is 11.7. The van der Waals surface area contributed by atoms with Gasteiger partial charge in [-0.1, -0.05) is 18.2 Å². The van der Waals surface area contributed by atoms with Gasteiger partial charge >= 0.3 is 6.03 Å². The van der Waals surface area contributed by atoms with Crippen LogP contribution in [-0.4, -0.2) is 47.8 Å². The molecule has 0 radical (unpaired) electrons. The summed E-state index contributed by atoms with van der Waals surface area (Å²) < 4.78 is 0. The molecule has 0 spiro atoms. The molecule has 1 heterocycles. The summed E-state index contributed by atoms with van der Waals surface area (Å²) in [6, 6.07) is 6.06. The number of aliphatic hydroxyl groups excluding tert-OH is 1. The summed E-state index contributed by atoms with van der Waals surface area (Å²) in [6.45, 7) is 2.98. The number of aromatic nitrogens is 1. The Morgan fingerprint density at radius 3 is 3.00 bits per heavy atom. The normalized spacial score (nSPS) is 10.8. The summed E-state index contributed by atoms with van der Waals surface area (Å²) in [5, 5.41) is 12.8. The highest BCUT2D eigenvalue weighted by molar-refractivity contribution is 5.85. The number of nitrogens with one attached hydrogen (secondary N) is 2. The van der Waals surface area contributed by atoms with E-state index in [-0.39, 0.29) is 12.6 Å². The predicted molar refractivity (Wildman–Crippen MR) is 79.9 cm³/mol. The first-order valence-electron chi connectivity index (χ1n) is 6.79. The highest BCUT2D eigenvalue weighted by Crippen LogP contribution is 2.21. The second-order valence-electron chi connectivity index (χ2n) is 4.94. The van der Waals surface area contributed by atoms with Crippen molar-refractivity contribution < 1.29 is 9.90 Å². The van der Waals surface area contributed by atoms with E-state index in [1.54, 1.807) is 7.05 Å². The van der Waals surface area contributed by atoms with Crippen LogP contribution in [0.5, 0.6) is 0 Å². The first-order valence-corrected chi connectivity index (χ1v) is 6.79. The molecule has 5 nitrogen and oxygen atoms in total. The number of hydrogen-bond acceptors (Lipinski definition) is 2. The van der Waals surface area contributed by atoms with Crippen molar-refractivity contribution >= 4 is 16.9 Å². The standard InChI is InChI=1S/C15H21N3O2/c1-11-4-3-5-13-12(10-17-14(11)13)6-7-16-15(20)18(2)8-9-19/h3-5,10,17,19H,6-9H2,1-2H3,(H,16,20). The van der Waals surface area contributed by atoms with E-state index in [0.29, 0.717) is 13.1 Å². The lowest BCUT2D eigenvalue weighted by molar-refractivity contribution is 0.190. The number of likely N-dealkylation sites (N-methyl/N-ethyl adjacent to an activating group) is 1. The lowest BCUT2D eigenvalue weighted by atomic mass is 10.1. The summed E-state index contributed by atoms with van der Waals surface area (Å²) in [4.78, 5) is 16.4. The van der Waals surface area contributed by atoms with Crippen molar-refractivity contribution in [3.8, 4) is 0 Å². The zero-order valence-electron chi connectivity index (χ0n) is 11.9. The van der Waals surface area contributed by atoms with Crippen LogP contribution in [0.25, 0.3) is 10.9 Å². The fourth-order valence-corrected chi connectivity index (χ4v) is 2.26. The fourth-order valence-electron chi connectivity index (χ4n) is 2.26. The summed E-state index contributed by atoms with van der Waals surface area (Å²) in [5.74, 6) is 0. The van der Waals surface area contributed by atoms with Crippen molar-refractivity contribution in [2.24, 2.45) is 0 Å². The molecule has 2 aromatic rings. The van der Waals surface area contributed by atoms with Crippen molar-refractivity contribution in [3.05, 3.63) is 35.5 Å². The average molecular weight is 275 g/mol. The number of carbonyl (C=O) groups excluding carboxylic acids is 1. The molecule has 0 atom stereocenters. The highest BCUT2D eigenvalue weighted by Gasteiger charge is 2.08. The van der Waals surface area contributed by atoms with E-state index >= 15 is 0 Å². The second-order valence-corrected chi connectivity index (χ2v) is 4.94. The lowest BCUT2D eigenvalue weighted by Gasteiger charge is -2.16. The van der Waals surface area contributed by atoms with Gasteiger partial charge in [0.25, 0.3) is 0 Å². The summed E-state index contributed by atoms with van der Waals surface area (Å²) in [6.07, 6.45) is 2.78. The number of aryl methyl sites for hydroxylation is 1. The fraction of sp³-hybridized carbons (Fsp3) is 0.400. The van der Waals surface area contributed by atoms with Crippen LogP contribution in [0.4, 0.5) is 4.79 Å². The monoisotopic (exact) mass is 275 g/mol. The molecule has 0 fully saturated rings. The van der Waals surface area contributed by atoms with Crippen LogP contribution in [0.1, 0.15) is 11.1 Å². The van der Waals surface area contributed by atoms with Gasteiger partial charge in [0, 0.05) is 37.2 Å². The average Bonchev–Trinajstić information content (AvgIpc) is 2.84. The quantitative estimate of drug-likeness (QED) is 0.776. The molecule has 0 bridgehead atoms. The Balaban J connectivity index is 1.93. The van der Waals surface area contributed by atoms with Gasteiger partial charge in [-0.2, -0.15) is 0 Å². The third kappa shape index (κ3) is 3.11. The minimum atomic E-state index is -0.157. The van der Waals surface area contributed by atoms with Gasteiger partial charge in [-0.3, -0.25) is 0 Å². The molecule has 0 saturated heterocycles. The third-order valence-electron chi connectivity index (χ3n) is 3.46. The van der Waals surface area contributed by atoms with E-state index in [1.807, 2.05) is 12.3 Å². The Bertz CT molecular complexity index is 592. The largest absolute Gasteiger partial charge is 0.395 e. The third-order valence-corrected chi connectivity index (χ3v) is 3.46. The van der Waals surface area contributed by atoms with Gasteiger partial charge in [0.05, 0.1) is 6.61 Å². The molecule has 0 aliphatic rings. The van der Waals surface area contributed by atoms with E-state index in [9.17, 15) is 4.79 Å². The van der Waals surface area contributed by atoms with Gasteiger partial charge in [0.15, 0.2) is 0 Å². The number of urea groups is 1. The smallest absolute Gasteiger partial charge is 0.317 e. The molecule has 1 aromatic heterocycles. The van der Waals surface area contributed by atoms with Gasteiger partial charge in [0.2, 0.25) is 0 Å². The van der Waals surface area contributed by atoms with Crippen LogP contribution in [0.15, 0.2) is 24.4 Å². The minimum absolute atomic E-state index is 0.0222. The van der Waals surface area contributed by atoms with Gasteiger partial charge in [-0.15, -0.1) is 0 Å². The van der Waals surface area contributed by atoms with Crippen molar-refractivity contribution in [2.45, 2.75) is 13.3 Å². The van der Waals surface area contributed by atoms with Gasteiger partial charge in [-0.25, -0.2) is 4.79 Å². The van der Waals surface area contributed by atoms with E-state index in [1.165, 1.54) is 21.4 Å². The van der Waals surface area contributed by atoms with E-state index < -0.39 is 0 Å². The molecule has 0 aliphatic heterocycles. The molecular formula is C15H21N3O2. The van der Waals surface area contributed by atoms with Gasteiger partial charge in [-0.05, 0) is 24.5 Å². The van der Waals surface area contributed by atoms with Gasteiger partial charge < -0.3 is 20.3 Å². The highest BCUT2D eigenvalue weighted by atomic mass is 16.3. The van der Waals surface area contributed by atoms with E-state index in [0.717, 1.165) is 11.9 Å². The molecular weight excluding hydrogens is 254 g/mol. The van der Waals surface area contributed by atoms with Crippen LogP contribution in [0.2, 0.25) is 0 Å². The first-order chi connectivity index (χ1) is 9.63. The lowest BCUT2D eigenvalue weighted by Crippen LogP contribution is -2.39. The first kappa shape index (κ1) is 14.4. The van der Waals surface area contributed by atoms with E-state index in [2.05, 4.69) is 29.4 Å². The van der Waals surface area contributed by atoms with Crippen molar-refractivity contribution in [1.29, 1.82) is 0 Å². The summed E-state index contributed by atoms with van der Waals surface area (Å²) in [5.41, 5.74) is 3.58. The van der Waals surface area contributed by atoms with Crippen LogP contribution in [-0.2, 0) is 6.42 Å². The Labute approximate surface area is 118 Å². The summed E-state index contributed by atoms with van der Waals surface area (Å²) in [7, 11) is 1.67. The molecule has 20 heavy (non-hydrogen) atoms. The molecule has 0 saturated carbocycles. The number of rotatable bonds is 5. The number of aromatic amines is 1. The Morgan fingerprint density at radius 2 is 2.25 bits per heavy atom. The van der Waals surface area contributed by atoms with Crippen LogP contribution >= 0.6 is 0 Å². The number of H-pyrrole nitrogens is 1. The minimum Gasteiger partial charge on any atom is -0.395 e. The molecule has 2 rings (SSSR count). The number of hydrogen-bond donors (Lipinski definition) is 3. The topological polar surface area (TPSA) is 68.4 Å². The molecule has 3 N–H and O–H groups in total. The molecule has 0 aliphatic carbocycles. The number of carbonyl (C=O) groups is 1. The van der Waals surface area contributed by atoms with Crippen molar-refractivity contribution in [1.82, 2.24) is 15.2 Å². The summed E-state index contributed by atoms with van der Waals surface area (Å²) >= 11 is 0. The Kier molecular flexibility index (Phi) is 4.63.